The lowest BCUT2D eigenvalue weighted by Crippen LogP contribution is -2.01. The van der Waals surface area contributed by atoms with Gasteiger partial charge >= 0.3 is 0 Å². The van der Waals surface area contributed by atoms with Crippen molar-refractivity contribution >= 4 is 32.6 Å². The van der Waals surface area contributed by atoms with Crippen molar-refractivity contribution in [2.45, 2.75) is 0 Å². The Hall–Kier alpha value is -5.88. The molecule has 6 nitrogen and oxygen atoms in total. The first-order valence-corrected chi connectivity index (χ1v) is 13.7. The second-order valence-corrected chi connectivity index (χ2v) is 10.0. The number of fused-ring (bicyclic) bond motifs is 6. The summed E-state index contributed by atoms with van der Waals surface area (Å²) in [5, 5.41) is 3.96. The highest BCUT2D eigenvalue weighted by Gasteiger charge is 2.17. The maximum atomic E-state index is 5.10. The van der Waals surface area contributed by atoms with Crippen LogP contribution in [0.4, 0.5) is 0 Å². The Labute approximate surface area is 241 Å². The van der Waals surface area contributed by atoms with E-state index in [1.54, 1.807) is 0 Å². The van der Waals surface area contributed by atoms with Gasteiger partial charge in [-0.1, -0.05) is 115 Å². The molecular formula is C36H22N6. The molecule has 0 aliphatic rings. The summed E-state index contributed by atoms with van der Waals surface area (Å²) >= 11 is 0. The highest BCUT2D eigenvalue weighted by Crippen LogP contribution is 2.34. The van der Waals surface area contributed by atoms with E-state index in [0.717, 1.165) is 60.7 Å². The standard InChI is InChI=1S/C36H22N6/c1-4-12-23(13-5-1)30-20-31(24-14-6-2-7-15-24)40-36(39-30)35-38-22-29-27-19-11-10-18-26(27)28-21-37-34(25-16-8-3-9-17-25)41-32(28)33(29)42-35/h1-22H. The monoisotopic (exact) mass is 538 g/mol. The van der Waals surface area contributed by atoms with E-state index >= 15 is 0 Å². The van der Waals surface area contributed by atoms with Crippen molar-refractivity contribution in [2.75, 3.05) is 0 Å². The molecule has 0 unspecified atom stereocenters. The molecule has 0 saturated carbocycles. The number of benzene rings is 5. The van der Waals surface area contributed by atoms with Crippen molar-refractivity contribution in [1.29, 1.82) is 0 Å². The minimum absolute atomic E-state index is 0.439. The predicted octanol–water partition coefficient (Wildman–Crippen LogP) is 8.18. The molecule has 196 valence electrons. The quantitative estimate of drug-likeness (QED) is 0.210. The molecular weight excluding hydrogens is 516 g/mol. The lowest BCUT2D eigenvalue weighted by atomic mass is 10.0. The van der Waals surface area contributed by atoms with E-state index in [-0.39, 0.29) is 0 Å². The highest BCUT2D eigenvalue weighted by molar-refractivity contribution is 6.22. The molecule has 0 fully saturated rings. The topological polar surface area (TPSA) is 77.3 Å². The molecule has 0 saturated heterocycles. The third-order valence-corrected chi connectivity index (χ3v) is 7.41. The van der Waals surface area contributed by atoms with E-state index < -0.39 is 0 Å². The number of hydrogen-bond acceptors (Lipinski definition) is 6. The van der Waals surface area contributed by atoms with Crippen LogP contribution >= 0.6 is 0 Å². The molecule has 0 atom stereocenters. The van der Waals surface area contributed by atoms with Crippen LogP contribution in [0.5, 0.6) is 0 Å². The zero-order chi connectivity index (χ0) is 27.9. The second-order valence-electron chi connectivity index (χ2n) is 10.0. The number of aromatic nitrogens is 6. The molecule has 8 rings (SSSR count). The van der Waals surface area contributed by atoms with E-state index in [1.165, 1.54) is 0 Å². The van der Waals surface area contributed by atoms with Crippen LogP contribution in [0.3, 0.4) is 0 Å². The van der Waals surface area contributed by atoms with Crippen molar-refractivity contribution in [3.63, 3.8) is 0 Å². The highest BCUT2D eigenvalue weighted by atomic mass is 15.0. The van der Waals surface area contributed by atoms with Crippen molar-refractivity contribution in [3.05, 3.63) is 134 Å². The Morgan fingerprint density at radius 1 is 0.333 bits per heavy atom. The van der Waals surface area contributed by atoms with Gasteiger partial charge < -0.3 is 0 Å². The lowest BCUT2D eigenvalue weighted by molar-refractivity contribution is 1.10. The Morgan fingerprint density at radius 3 is 1.29 bits per heavy atom. The summed E-state index contributed by atoms with van der Waals surface area (Å²) in [5.74, 6) is 1.54. The van der Waals surface area contributed by atoms with Gasteiger partial charge in [-0.25, -0.2) is 29.9 Å². The van der Waals surface area contributed by atoms with E-state index in [2.05, 4.69) is 12.1 Å². The molecule has 6 heteroatoms. The Balaban J connectivity index is 1.40. The molecule has 0 radical (unpaired) electrons. The Morgan fingerprint density at radius 2 is 0.762 bits per heavy atom. The van der Waals surface area contributed by atoms with Crippen LogP contribution in [0.25, 0.3) is 78.1 Å². The summed E-state index contributed by atoms with van der Waals surface area (Å²) in [7, 11) is 0. The van der Waals surface area contributed by atoms with Gasteiger partial charge in [-0.15, -0.1) is 0 Å². The molecule has 0 aliphatic carbocycles. The minimum Gasteiger partial charge on any atom is -0.236 e. The van der Waals surface area contributed by atoms with E-state index in [9.17, 15) is 0 Å². The van der Waals surface area contributed by atoms with Gasteiger partial charge in [0.05, 0.1) is 11.4 Å². The lowest BCUT2D eigenvalue weighted by Gasteiger charge is -2.12. The smallest absolute Gasteiger partial charge is 0.198 e. The zero-order valence-corrected chi connectivity index (χ0v) is 22.4. The van der Waals surface area contributed by atoms with Gasteiger partial charge in [0.15, 0.2) is 17.5 Å². The molecule has 42 heavy (non-hydrogen) atoms. The summed E-state index contributed by atoms with van der Waals surface area (Å²) < 4.78 is 0. The fourth-order valence-corrected chi connectivity index (χ4v) is 5.37. The molecule has 0 bridgehead atoms. The molecule has 8 aromatic rings. The first-order valence-electron chi connectivity index (χ1n) is 13.7. The van der Waals surface area contributed by atoms with Crippen LogP contribution in [0, 0.1) is 0 Å². The summed E-state index contributed by atoms with van der Waals surface area (Å²) in [5.41, 5.74) is 6.06. The zero-order valence-electron chi connectivity index (χ0n) is 22.4. The number of rotatable bonds is 4. The molecule has 0 N–H and O–H groups in total. The van der Waals surface area contributed by atoms with Gasteiger partial charge in [0.2, 0.25) is 0 Å². The summed E-state index contributed by atoms with van der Waals surface area (Å²) in [6, 6.07) is 40.4. The van der Waals surface area contributed by atoms with Crippen molar-refractivity contribution < 1.29 is 0 Å². The predicted molar refractivity (Wildman–Crippen MR) is 167 cm³/mol. The number of hydrogen-bond donors (Lipinski definition) is 0. The van der Waals surface area contributed by atoms with Crippen molar-refractivity contribution in [1.82, 2.24) is 29.9 Å². The van der Waals surface area contributed by atoms with Crippen molar-refractivity contribution in [3.8, 4) is 45.6 Å². The fraction of sp³-hybridized carbons (Fsp3) is 0. The molecule has 3 aromatic heterocycles. The van der Waals surface area contributed by atoms with E-state index in [0.29, 0.717) is 17.5 Å². The van der Waals surface area contributed by atoms with Crippen LogP contribution in [0.15, 0.2) is 134 Å². The Kier molecular flexibility index (Phi) is 5.67. The molecule has 0 aliphatic heterocycles. The normalized spacial score (nSPS) is 11.3. The first-order chi connectivity index (χ1) is 20.8. The first kappa shape index (κ1) is 24.0. The maximum Gasteiger partial charge on any atom is 0.198 e. The Bertz CT molecular complexity index is 2180. The van der Waals surface area contributed by atoms with Crippen molar-refractivity contribution in [2.24, 2.45) is 0 Å². The van der Waals surface area contributed by atoms with Crippen LogP contribution in [-0.4, -0.2) is 29.9 Å². The van der Waals surface area contributed by atoms with Gasteiger partial charge in [0.25, 0.3) is 0 Å². The maximum absolute atomic E-state index is 5.10. The average molecular weight is 539 g/mol. The summed E-state index contributed by atoms with van der Waals surface area (Å²) in [6.45, 7) is 0. The second kappa shape index (κ2) is 9.94. The SMILES string of the molecule is c1ccc(-c2cc(-c3ccccc3)nc(-c3ncc4c5ccccc5c5cnc(-c6ccccc6)nc5c4n3)n2)cc1. The fourth-order valence-electron chi connectivity index (χ4n) is 5.37. The third-order valence-electron chi connectivity index (χ3n) is 7.41. The largest absolute Gasteiger partial charge is 0.236 e. The average Bonchev–Trinajstić information content (AvgIpc) is 3.09. The van der Waals surface area contributed by atoms with E-state index in [1.807, 2.05) is 122 Å². The van der Waals surface area contributed by atoms with Crippen LogP contribution in [-0.2, 0) is 0 Å². The van der Waals surface area contributed by atoms with Gasteiger partial charge in [-0.2, -0.15) is 0 Å². The number of nitrogens with zero attached hydrogens (tertiary/aromatic N) is 6. The third kappa shape index (κ3) is 4.14. The molecule has 3 heterocycles. The van der Waals surface area contributed by atoms with Gasteiger partial charge in [-0.3, -0.25) is 0 Å². The van der Waals surface area contributed by atoms with Crippen LogP contribution in [0.1, 0.15) is 0 Å². The van der Waals surface area contributed by atoms with Gasteiger partial charge in [0, 0.05) is 39.9 Å². The van der Waals surface area contributed by atoms with E-state index in [4.69, 9.17) is 29.9 Å². The summed E-state index contributed by atoms with van der Waals surface area (Å²) in [6.07, 6.45) is 3.76. The van der Waals surface area contributed by atoms with Gasteiger partial charge in [0.1, 0.15) is 11.0 Å². The van der Waals surface area contributed by atoms with Gasteiger partial charge in [-0.05, 0) is 16.8 Å². The minimum atomic E-state index is 0.439. The van der Waals surface area contributed by atoms with Crippen LogP contribution in [0.2, 0.25) is 0 Å². The molecule has 5 aromatic carbocycles. The molecule has 0 amide bonds. The molecule has 0 spiro atoms. The van der Waals surface area contributed by atoms with Crippen LogP contribution < -0.4 is 0 Å². The summed E-state index contributed by atoms with van der Waals surface area (Å²) in [4.78, 5) is 29.6.